The van der Waals surface area contributed by atoms with Gasteiger partial charge in [-0.1, -0.05) is 17.7 Å². The minimum absolute atomic E-state index is 0.0429. The maximum absolute atomic E-state index is 12.5. The smallest absolute Gasteiger partial charge is 0.238 e. The quantitative estimate of drug-likeness (QED) is 0.596. The van der Waals surface area contributed by atoms with E-state index in [0.717, 1.165) is 5.56 Å². The second-order valence-corrected chi connectivity index (χ2v) is 6.78. The summed E-state index contributed by atoms with van der Waals surface area (Å²) >= 11 is 5.87. The zero-order chi connectivity index (χ0) is 20.5. The summed E-state index contributed by atoms with van der Waals surface area (Å²) in [6.07, 6.45) is 6.59. The Bertz CT molecular complexity index is 936. The van der Waals surface area contributed by atoms with E-state index in [4.69, 9.17) is 11.6 Å². The summed E-state index contributed by atoms with van der Waals surface area (Å²) in [7, 11) is 0. The number of hydrogen-bond acceptors (Lipinski definition) is 5. The number of pyridine rings is 2. The molecule has 1 aromatic carbocycles. The van der Waals surface area contributed by atoms with E-state index in [0.29, 0.717) is 22.9 Å². The van der Waals surface area contributed by atoms with Gasteiger partial charge in [-0.05, 0) is 48.0 Å². The van der Waals surface area contributed by atoms with Gasteiger partial charge in [0.25, 0.3) is 0 Å². The van der Waals surface area contributed by atoms with Gasteiger partial charge in [0, 0.05) is 47.7 Å². The third kappa shape index (κ3) is 6.99. The van der Waals surface area contributed by atoms with Crippen LogP contribution in [0.3, 0.4) is 0 Å². The van der Waals surface area contributed by atoms with Gasteiger partial charge in [0.2, 0.25) is 11.8 Å². The highest BCUT2D eigenvalue weighted by Crippen LogP contribution is 2.13. The Morgan fingerprint density at radius 1 is 0.828 bits per heavy atom. The molecule has 0 bridgehead atoms. The Kier molecular flexibility index (Phi) is 7.27. The Balaban J connectivity index is 1.64. The summed E-state index contributed by atoms with van der Waals surface area (Å²) < 4.78 is 0. The van der Waals surface area contributed by atoms with Crippen molar-refractivity contribution < 1.29 is 9.59 Å². The lowest BCUT2D eigenvalue weighted by Crippen LogP contribution is -2.38. The Morgan fingerprint density at radius 2 is 1.45 bits per heavy atom. The zero-order valence-corrected chi connectivity index (χ0v) is 16.3. The van der Waals surface area contributed by atoms with E-state index >= 15 is 0 Å². The molecule has 0 unspecified atom stereocenters. The third-order valence-corrected chi connectivity index (χ3v) is 4.21. The lowest BCUT2D eigenvalue weighted by Gasteiger charge is -2.21. The highest BCUT2D eigenvalue weighted by Gasteiger charge is 2.16. The first-order chi connectivity index (χ1) is 14.1. The minimum Gasteiger partial charge on any atom is -0.325 e. The fourth-order valence-electron chi connectivity index (χ4n) is 2.69. The van der Waals surface area contributed by atoms with Gasteiger partial charge in [-0.3, -0.25) is 24.5 Å². The Labute approximate surface area is 173 Å². The molecule has 0 fully saturated rings. The first-order valence-electron chi connectivity index (χ1n) is 8.95. The second-order valence-electron chi connectivity index (χ2n) is 6.35. The van der Waals surface area contributed by atoms with E-state index < -0.39 is 0 Å². The molecule has 0 aliphatic rings. The number of aromatic nitrogens is 2. The highest BCUT2D eigenvalue weighted by atomic mass is 35.5. The summed E-state index contributed by atoms with van der Waals surface area (Å²) in [4.78, 5) is 34.7. The van der Waals surface area contributed by atoms with Crippen LogP contribution in [0.4, 0.5) is 11.4 Å². The number of nitrogens with zero attached hydrogens (tertiary/aromatic N) is 3. The van der Waals surface area contributed by atoms with Crippen LogP contribution in [0.2, 0.25) is 5.02 Å². The Hall–Kier alpha value is -3.29. The van der Waals surface area contributed by atoms with Crippen molar-refractivity contribution >= 4 is 34.8 Å². The molecule has 2 N–H and O–H groups in total. The van der Waals surface area contributed by atoms with Crippen LogP contribution in [0, 0.1) is 0 Å². The molecule has 3 aromatic rings. The van der Waals surface area contributed by atoms with Gasteiger partial charge >= 0.3 is 0 Å². The van der Waals surface area contributed by atoms with Crippen LogP contribution in [0.1, 0.15) is 5.56 Å². The van der Waals surface area contributed by atoms with Crippen molar-refractivity contribution in [1.82, 2.24) is 14.9 Å². The van der Waals surface area contributed by atoms with E-state index in [1.807, 2.05) is 12.1 Å². The van der Waals surface area contributed by atoms with Crippen LogP contribution in [0.25, 0.3) is 0 Å². The number of anilines is 2. The first kappa shape index (κ1) is 20.4. The number of hydrogen-bond donors (Lipinski definition) is 2. The molecule has 0 saturated heterocycles. The highest BCUT2D eigenvalue weighted by molar-refractivity contribution is 6.30. The standard InChI is InChI=1S/C21H20ClN5O2/c22-17-3-5-18(6-4-17)25-20(28)14-27(13-16-2-1-9-24-12-16)15-21(29)26-19-7-10-23-11-8-19/h1-12H,13-15H2,(H,25,28)(H,23,26,29). The van der Waals surface area contributed by atoms with Crippen molar-refractivity contribution in [1.29, 1.82) is 0 Å². The van der Waals surface area contributed by atoms with Crippen molar-refractivity contribution in [3.05, 3.63) is 83.9 Å². The number of rotatable bonds is 8. The van der Waals surface area contributed by atoms with Crippen molar-refractivity contribution in [2.45, 2.75) is 6.54 Å². The summed E-state index contributed by atoms with van der Waals surface area (Å²) in [5.74, 6) is -0.452. The molecule has 0 aliphatic heterocycles. The molecule has 148 valence electrons. The monoisotopic (exact) mass is 409 g/mol. The molecular weight excluding hydrogens is 390 g/mol. The van der Waals surface area contributed by atoms with E-state index in [9.17, 15) is 9.59 Å². The molecule has 2 heterocycles. The maximum Gasteiger partial charge on any atom is 0.238 e. The largest absolute Gasteiger partial charge is 0.325 e. The SMILES string of the molecule is O=C(CN(CC(=O)Nc1ccc(Cl)cc1)Cc1cccnc1)Nc1ccncc1. The molecule has 0 atom stereocenters. The molecule has 0 spiro atoms. The molecular formula is C21H20ClN5O2. The molecule has 7 nitrogen and oxygen atoms in total. The summed E-state index contributed by atoms with van der Waals surface area (Å²) in [6, 6.07) is 14.0. The first-order valence-corrected chi connectivity index (χ1v) is 9.33. The molecule has 0 aliphatic carbocycles. The topological polar surface area (TPSA) is 87.2 Å². The van der Waals surface area contributed by atoms with Crippen LogP contribution in [0.15, 0.2) is 73.3 Å². The number of nitrogens with one attached hydrogen (secondary N) is 2. The van der Waals surface area contributed by atoms with E-state index in [1.165, 1.54) is 0 Å². The molecule has 29 heavy (non-hydrogen) atoms. The molecule has 2 amide bonds. The zero-order valence-electron chi connectivity index (χ0n) is 15.6. The molecule has 0 radical (unpaired) electrons. The fourth-order valence-corrected chi connectivity index (χ4v) is 2.82. The minimum atomic E-state index is -0.229. The fraction of sp³-hybridized carbons (Fsp3) is 0.143. The average Bonchev–Trinajstić information content (AvgIpc) is 2.71. The normalized spacial score (nSPS) is 10.6. The predicted octanol–water partition coefficient (Wildman–Crippen LogP) is 3.21. The second kappa shape index (κ2) is 10.3. The van der Waals surface area contributed by atoms with E-state index in [-0.39, 0.29) is 24.9 Å². The van der Waals surface area contributed by atoms with Crippen LogP contribution < -0.4 is 10.6 Å². The van der Waals surface area contributed by atoms with Gasteiger partial charge in [0.05, 0.1) is 13.1 Å². The number of carbonyl (C=O) groups excluding carboxylic acids is 2. The average molecular weight is 410 g/mol. The molecule has 3 rings (SSSR count). The van der Waals surface area contributed by atoms with Gasteiger partial charge in [0.15, 0.2) is 0 Å². The van der Waals surface area contributed by atoms with Gasteiger partial charge in [-0.2, -0.15) is 0 Å². The van der Waals surface area contributed by atoms with Crippen LogP contribution in [-0.4, -0.2) is 39.8 Å². The van der Waals surface area contributed by atoms with Crippen LogP contribution in [0.5, 0.6) is 0 Å². The van der Waals surface area contributed by atoms with Gasteiger partial charge in [0.1, 0.15) is 0 Å². The van der Waals surface area contributed by atoms with Crippen molar-refractivity contribution in [2.24, 2.45) is 0 Å². The van der Waals surface area contributed by atoms with Crippen molar-refractivity contribution in [3.8, 4) is 0 Å². The number of benzene rings is 1. The molecule has 8 heteroatoms. The van der Waals surface area contributed by atoms with E-state index in [2.05, 4.69) is 20.6 Å². The van der Waals surface area contributed by atoms with Crippen LogP contribution >= 0.6 is 11.6 Å². The molecule has 0 saturated carbocycles. The lowest BCUT2D eigenvalue weighted by molar-refractivity contribution is -0.120. The third-order valence-electron chi connectivity index (χ3n) is 3.96. The molecule has 2 aromatic heterocycles. The van der Waals surface area contributed by atoms with E-state index in [1.54, 1.807) is 66.1 Å². The number of amides is 2. The van der Waals surface area contributed by atoms with Crippen molar-refractivity contribution in [3.63, 3.8) is 0 Å². The van der Waals surface area contributed by atoms with Crippen molar-refractivity contribution in [2.75, 3.05) is 23.7 Å². The number of carbonyl (C=O) groups is 2. The Morgan fingerprint density at radius 3 is 2.03 bits per heavy atom. The van der Waals surface area contributed by atoms with Crippen LogP contribution in [-0.2, 0) is 16.1 Å². The predicted molar refractivity (Wildman–Crippen MR) is 112 cm³/mol. The summed E-state index contributed by atoms with van der Waals surface area (Å²) in [5.41, 5.74) is 2.20. The summed E-state index contributed by atoms with van der Waals surface area (Å²) in [6.45, 7) is 0.498. The summed E-state index contributed by atoms with van der Waals surface area (Å²) in [5, 5.41) is 6.21. The van der Waals surface area contributed by atoms with Gasteiger partial charge < -0.3 is 10.6 Å². The van der Waals surface area contributed by atoms with Gasteiger partial charge in [-0.15, -0.1) is 0 Å². The lowest BCUT2D eigenvalue weighted by atomic mass is 10.2. The van der Waals surface area contributed by atoms with Gasteiger partial charge in [-0.25, -0.2) is 0 Å². The maximum atomic E-state index is 12.5. The number of halogens is 1.